The van der Waals surface area contributed by atoms with Crippen molar-refractivity contribution in [1.29, 1.82) is 0 Å². The molecule has 0 radical (unpaired) electrons. The van der Waals surface area contributed by atoms with Crippen LogP contribution in [-0.2, 0) is 18.2 Å². The molecular weight excluding hydrogens is 206 g/mol. The van der Waals surface area contributed by atoms with Crippen molar-refractivity contribution in [2.75, 3.05) is 13.2 Å². The van der Waals surface area contributed by atoms with Gasteiger partial charge >= 0.3 is 0 Å². The number of nitrogens with zero attached hydrogens (tertiary/aromatic N) is 4. The summed E-state index contributed by atoms with van der Waals surface area (Å²) in [5, 5.41) is 15.3. The van der Waals surface area contributed by atoms with Gasteiger partial charge in [-0.15, -0.1) is 10.2 Å². The average Bonchev–Trinajstić information content (AvgIpc) is 2.61. The summed E-state index contributed by atoms with van der Waals surface area (Å²) in [6.45, 7) is 7.72. The quantitative estimate of drug-likeness (QED) is 0.718. The Kier molecular flexibility index (Phi) is 5.34. The van der Waals surface area contributed by atoms with Crippen molar-refractivity contribution in [1.82, 2.24) is 25.5 Å². The minimum Gasteiger partial charge on any atom is -0.377 e. The van der Waals surface area contributed by atoms with Crippen LogP contribution in [0.3, 0.4) is 0 Å². The summed E-state index contributed by atoms with van der Waals surface area (Å²) >= 11 is 0. The average molecular weight is 227 g/mol. The predicted molar refractivity (Wildman–Crippen MR) is 61.1 cm³/mol. The molecular formula is C10H21N5O. The molecule has 1 N–H and O–H groups in total. The maximum atomic E-state index is 5.59. The number of likely N-dealkylation sites (N-methyl/N-ethyl adjacent to an activating group) is 1. The van der Waals surface area contributed by atoms with E-state index in [1.165, 1.54) is 4.80 Å². The van der Waals surface area contributed by atoms with E-state index in [4.69, 9.17) is 4.74 Å². The molecule has 0 aromatic carbocycles. The van der Waals surface area contributed by atoms with Gasteiger partial charge in [0.05, 0.1) is 19.8 Å². The lowest BCUT2D eigenvalue weighted by atomic mass is 10.2. The molecule has 0 spiro atoms. The third-order valence-corrected chi connectivity index (χ3v) is 2.10. The maximum Gasteiger partial charge on any atom is 0.176 e. The molecule has 0 amide bonds. The van der Waals surface area contributed by atoms with Gasteiger partial charge < -0.3 is 10.1 Å². The molecule has 0 aliphatic carbocycles. The highest BCUT2D eigenvalue weighted by atomic mass is 16.5. The van der Waals surface area contributed by atoms with E-state index >= 15 is 0 Å². The zero-order chi connectivity index (χ0) is 12.0. The smallest absolute Gasteiger partial charge is 0.176 e. The van der Waals surface area contributed by atoms with Crippen molar-refractivity contribution in [3.63, 3.8) is 0 Å². The zero-order valence-corrected chi connectivity index (χ0v) is 10.5. The number of aryl methyl sites for hydroxylation is 1. The Labute approximate surface area is 96.4 Å². The molecule has 0 aliphatic rings. The number of hydrogen-bond donors (Lipinski definition) is 1. The topological polar surface area (TPSA) is 64.9 Å². The van der Waals surface area contributed by atoms with Crippen LogP contribution in [0.4, 0.5) is 0 Å². The fraction of sp³-hybridized carbons (Fsp3) is 0.900. The van der Waals surface area contributed by atoms with Gasteiger partial charge in [-0.2, -0.15) is 4.80 Å². The highest BCUT2D eigenvalue weighted by Crippen LogP contribution is 1.98. The monoisotopic (exact) mass is 227 g/mol. The standard InChI is InChI=1S/C10H21N5O/c1-5-11-9(7-16-8(2)3)6-10-12-14-15(4)13-10/h8-9,11H,5-7H2,1-4H3. The Morgan fingerprint density at radius 3 is 2.69 bits per heavy atom. The van der Waals surface area contributed by atoms with Crippen LogP contribution in [0.15, 0.2) is 0 Å². The maximum absolute atomic E-state index is 5.59. The van der Waals surface area contributed by atoms with Gasteiger partial charge in [0.15, 0.2) is 5.82 Å². The third-order valence-electron chi connectivity index (χ3n) is 2.10. The number of aromatic nitrogens is 4. The van der Waals surface area contributed by atoms with Gasteiger partial charge in [-0.3, -0.25) is 0 Å². The molecule has 92 valence electrons. The van der Waals surface area contributed by atoms with Crippen LogP contribution in [0.5, 0.6) is 0 Å². The third kappa shape index (κ3) is 4.67. The summed E-state index contributed by atoms with van der Waals surface area (Å²) in [5.74, 6) is 0.751. The number of nitrogens with one attached hydrogen (secondary N) is 1. The Bertz CT molecular complexity index is 299. The lowest BCUT2D eigenvalue weighted by molar-refractivity contribution is 0.0612. The first-order chi connectivity index (χ1) is 7.61. The fourth-order valence-electron chi connectivity index (χ4n) is 1.41. The van der Waals surface area contributed by atoms with Crippen molar-refractivity contribution >= 4 is 0 Å². The summed E-state index contributed by atoms with van der Waals surface area (Å²) in [6, 6.07) is 0.247. The Hall–Kier alpha value is -1.01. The summed E-state index contributed by atoms with van der Waals surface area (Å²) in [6.07, 6.45) is 0.991. The minimum absolute atomic E-state index is 0.246. The van der Waals surface area contributed by atoms with Crippen LogP contribution in [0, 0.1) is 0 Å². The molecule has 1 rings (SSSR count). The van der Waals surface area contributed by atoms with Crippen molar-refractivity contribution in [3.05, 3.63) is 5.82 Å². The van der Waals surface area contributed by atoms with Crippen LogP contribution in [0.25, 0.3) is 0 Å². The molecule has 0 saturated heterocycles. The Balaban J connectivity index is 2.43. The molecule has 6 nitrogen and oxygen atoms in total. The minimum atomic E-state index is 0.246. The normalized spacial score (nSPS) is 13.3. The SMILES string of the molecule is CCNC(COC(C)C)Cc1nnn(C)n1. The van der Waals surface area contributed by atoms with Gasteiger partial charge in [0.25, 0.3) is 0 Å². The summed E-state index contributed by atoms with van der Waals surface area (Å²) in [7, 11) is 1.77. The molecule has 0 saturated carbocycles. The second-order valence-electron chi connectivity index (χ2n) is 4.04. The van der Waals surface area contributed by atoms with E-state index in [1.54, 1.807) is 7.05 Å². The van der Waals surface area contributed by atoms with Crippen molar-refractivity contribution < 1.29 is 4.74 Å². The molecule has 1 aromatic rings. The molecule has 6 heteroatoms. The van der Waals surface area contributed by atoms with Crippen LogP contribution >= 0.6 is 0 Å². The van der Waals surface area contributed by atoms with E-state index in [-0.39, 0.29) is 12.1 Å². The number of tetrazole rings is 1. The Morgan fingerprint density at radius 2 is 2.19 bits per heavy atom. The zero-order valence-electron chi connectivity index (χ0n) is 10.5. The molecule has 16 heavy (non-hydrogen) atoms. The molecule has 1 aromatic heterocycles. The number of rotatable bonds is 7. The first kappa shape index (κ1) is 13.1. The molecule has 0 aliphatic heterocycles. The molecule has 1 heterocycles. The first-order valence-electron chi connectivity index (χ1n) is 5.69. The fourth-order valence-corrected chi connectivity index (χ4v) is 1.41. The second kappa shape index (κ2) is 6.55. The van der Waals surface area contributed by atoms with Crippen LogP contribution in [0.2, 0.25) is 0 Å². The second-order valence-corrected chi connectivity index (χ2v) is 4.04. The van der Waals surface area contributed by atoms with Gasteiger partial charge in [0.1, 0.15) is 0 Å². The van der Waals surface area contributed by atoms with E-state index in [1.807, 2.05) is 13.8 Å². The highest BCUT2D eigenvalue weighted by molar-refractivity contribution is 4.84. The van der Waals surface area contributed by atoms with Crippen LogP contribution in [-0.4, -0.2) is 45.5 Å². The van der Waals surface area contributed by atoms with Crippen LogP contribution < -0.4 is 5.32 Å². The van der Waals surface area contributed by atoms with E-state index in [0.29, 0.717) is 6.61 Å². The Morgan fingerprint density at radius 1 is 1.44 bits per heavy atom. The van der Waals surface area contributed by atoms with Crippen molar-refractivity contribution in [2.24, 2.45) is 7.05 Å². The molecule has 1 unspecified atom stereocenters. The largest absolute Gasteiger partial charge is 0.377 e. The summed E-state index contributed by atoms with van der Waals surface area (Å²) in [4.78, 5) is 1.47. The van der Waals surface area contributed by atoms with Crippen LogP contribution in [0.1, 0.15) is 26.6 Å². The van der Waals surface area contributed by atoms with Gasteiger partial charge in [-0.1, -0.05) is 6.92 Å². The summed E-state index contributed by atoms with van der Waals surface area (Å²) < 4.78 is 5.59. The van der Waals surface area contributed by atoms with E-state index in [9.17, 15) is 0 Å². The molecule has 1 atom stereocenters. The van der Waals surface area contributed by atoms with E-state index in [2.05, 4.69) is 27.7 Å². The number of ether oxygens (including phenoxy) is 1. The van der Waals surface area contributed by atoms with Crippen molar-refractivity contribution in [3.8, 4) is 0 Å². The van der Waals surface area contributed by atoms with Crippen molar-refractivity contribution in [2.45, 2.75) is 39.3 Å². The van der Waals surface area contributed by atoms with E-state index in [0.717, 1.165) is 18.8 Å². The first-order valence-corrected chi connectivity index (χ1v) is 5.69. The van der Waals surface area contributed by atoms with Gasteiger partial charge in [-0.25, -0.2) is 0 Å². The molecule has 0 bridgehead atoms. The highest BCUT2D eigenvalue weighted by Gasteiger charge is 2.12. The van der Waals surface area contributed by atoms with Gasteiger partial charge in [0, 0.05) is 12.5 Å². The lowest BCUT2D eigenvalue weighted by Gasteiger charge is -2.17. The summed E-state index contributed by atoms with van der Waals surface area (Å²) in [5.41, 5.74) is 0. The number of hydrogen-bond acceptors (Lipinski definition) is 5. The predicted octanol–water partition coefficient (Wildman–Crippen LogP) is 0.156. The van der Waals surface area contributed by atoms with Gasteiger partial charge in [0.2, 0.25) is 0 Å². The van der Waals surface area contributed by atoms with E-state index < -0.39 is 0 Å². The molecule has 0 fully saturated rings. The lowest BCUT2D eigenvalue weighted by Crippen LogP contribution is -2.36. The van der Waals surface area contributed by atoms with Gasteiger partial charge in [-0.05, 0) is 25.6 Å².